The smallest absolute Gasteiger partial charge is 0.348 e. The number of amides is 2. The topological polar surface area (TPSA) is 80.1 Å². The van der Waals surface area contributed by atoms with Gasteiger partial charge in [-0.3, -0.25) is 9.59 Å². The Morgan fingerprint density at radius 2 is 1.62 bits per heavy atom. The highest BCUT2D eigenvalue weighted by atomic mass is 32.1. The SMILES string of the molecule is COC(=O)c1ccc(C(=O)N2CCN(C(=O)c3ccoc3)CC2)s1. The van der Waals surface area contributed by atoms with Crippen molar-refractivity contribution in [2.45, 2.75) is 0 Å². The fourth-order valence-electron chi connectivity index (χ4n) is 2.50. The molecule has 0 aliphatic carbocycles. The van der Waals surface area contributed by atoms with Gasteiger partial charge in [-0.1, -0.05) is 0 Å². The minimum Gasteiger partial charge on any atom is -0.472 e. The van der Waals surface area contributed by atoms with Crippen LogP contribution in [0.5, 0.6) is 0 Å². The summed E-state index contributed by atoms with van der Waals surface area (Å²) in [5.41, 5.74) is 0.510. The van der Waals surface area contributed by atoms with Crippen LogP contribution in [0.3, 0.4) is 0 Å². The number of ether oxygens (including phenoxy) is 1. The van der Waals surface area contributed by atoms with Gasteiger partial charge < -0.3 is 19.0 Å². The first-order valence-corrected chi connectivity index (χ1v) is 8.20. The minimum absolute atomic E-state index is 0.0973. The third-order valence-electron chi connectivity index (χ3n) is 3.83. The molecule has 2 aromatic rings. The highest BCUT2D eigenvalue weighted by Gasteiger charge is 2.27. The summed E-state index contributed by atoms with van der Waals surface area (Å²) < 4.78 is 9.57. The molecule has 1 fully saturated rings. The second-order valence-corrected chi connectivity index (χ2v) is 6.34. The van der Waals surface area contributed by atoms with Crippen LogP contribution in [-0.4, -0.2) is 60.9 Å². The number of esters is 1. The number of hydrogen-bond donors (Lipinski definition) is 0. The quantitative estimate of drug-likeness (QED) is 0.789. The maximum Gasteiger partial charge on any atom is 0.348 e. The number of piperazine rings is 1. The van der Waals surface area contributed by atoms with Crippen molar-refractivity contribution < 1.29 is 23.5 Å². The Kier molecular flexibility index (Phi) is 4.66. The first-order chi connectivity index (χ1) is 11.6. The van der Waals surface area contributed by atoms with Crippen LogP contribution in [0, 0.1) is 0 Å². The van der Waals surface area contributed by atoms with Crippen molar-refractivity contribution in [1.82, 2.24) is 9.80 Å². The summed E-state index contributed by atoms with van der Waals surface area (Å²) in [5, 5.41) is 0. The van der Waals surface area contributed by atoms with Crippen LogP contribution in [0.2, 0.25) is 0 Å². The van der Waals surface area contributed by atoms with Crippen LogP contribution >= 0.6 is 11.3 Å². The number of rotatable bonds is 3. The van der Waals surface area contributed by atoms with Crippen molar-refractivity contribution >= 4 is 29.1 Å². The largest absolute Gasteiger partial charge is 0.472 e. The first-order valence-electron chi connectivity index (χ1n) is 7.39. The van der Waals surface area contributed by atoms with Gasteiger partial charge in [-0.05, 0) is 18.2 Å². The van der Waals surface area contributed by atoms with E-state index in [0.717, 1.165) is 11.3 Å². The minimum atomic E-state index is -0.449. The lowest BCUT2D eigenvalue weighted by molar-refractivity contribution is 0.0537. The molecule has 0 atom stereocenters. The molecule has 0 saturated carbocycles. The third kappa shape index (κ3) is 3.18. The predicted molar refractivity (Wildman–Crippen MR) is 86.2 cm³/mol. The van der Waals surface area contributed by atoms with Crippen molar-refractivity contribution in [3.8, 4) is 0 Å². The number of carbonyl (C=O) groups excluding carboxylic acids is 3. The fraction of sp³-hybridized carbons (Fsp3) is 0.312. The zero-order chi connectivity index (χ0) is 17.1. The van der Waals surface area contributed by atoms with E-state index in [0.29, 0.717) is 41.5 Å². The van der Waals surface area contributed by atoms with E-state index in [9.17, 15) is 14.4 Å². The summed E-state index contributed by atoms with van der Waals surface area (Å²) in [5.74, 6) is -0.680. The highest BCUT2D eigenvalue weighted by molar-refractivity contribution is 7.15. The molecule has 3 heterocycles. The number of nitrogens with zero attached hydrogens (tertiary/aromatic N) is 2. The van der Waals surface area contributed by atoms with E-state index in [1.807, 2.05) is 0 Å². The summed E-state index contributed by atoms with van der Waals surface area (Å²) in [6.45, 7) is 1.83. The number of hydrogen-bond acceptors (Lipinski definition) is 6. The third-order valence-corrected chi connectivity index (χ3v) is 4.88. The van der Waals surface area contributed by atoms with E-state index in [1.54, 1.807) is 28.0 Å². The zero-order valence-electron chi connectivity index (χ0n) is 13.1. The Labute approximate surface area is 142 Å². The average molecular weight is 348 g/mol. The molecule has 0 N–H and O–H groups in total. The fourth-order valence-corrected chi connectivity index (χ4v) is 3.39. The van der Waals surface area contributed by atoms with Crippen molar-refractivity contribution in [1.29, 1.82) is 0 Å². The van der Waals surface area contributed by atoms with E-state index in [-0.39, 0.29) is 11.8 Å². The Hall–Kier alpha value is -2.61. The lowest BCUT2D eigenvalue weighted by Gasteiger charge is -2.34. The predicted octanol–water partition coefficient (Wildman–Crippen LogP) is 1.73. The normalized spacial score (nSPS) is 14.5. The molecule has 2 aromatic heterocycles. The maximum absolute atomic E-state index is 12.5. The van der Waals surface area contributed by atoms with Crippen molar-refractivity contribution in [3.63, 3.8) is 0 Å². The van der Waals surface area contributed by atoms with Gasteiger partial charge in [0.2, 0.25) is 0 Å². The molecule has 126 valence electrons. The molecule has 1 aliphatic heterocycles. The molecule has 0 bridgehead atoms. The molecule has 0 spiro atoms. The maximum atomic E-state index is 12.5. The molecule has 1 aliphatic rings. The van der Waals surface area contributed by atoms with Crippen molar-refractivity contribution in [2.24, 2.45) is 0 Å². The van der Waals surface area contributed by atoms with E-state index in [2.05, 4.69) is 4.74 Å². The molecule has 0 radical (unpaired) electrons. The van der Waals surface area contributed by atoms with Gasteiger partial charge in [0.15, 0.2) is 0 Å². The molecule has 2 amide bonds. The van der Waals surface area contributed by atoms with Crippen LogP contribution in [-0.2, 0) is 4.74 Å². The molecule has 24 heavy (non-hydrogen) atoms. The first kappa shape index (κ1) is 16.3. The van der Waals surface area contributed by atoms with Gasteiger partial charge in [-0.2, -0.15) is 0 Å². The Morgan fingerprint density at radius 1 is 1.00 bits per heavy atom. The molecule has 7 nitrogen and oxygen atoms in total. The summed E-state index contributed by atoms with van der Waals surface area (Å²) in [6.07, 6.45) is 2.88. The van der Waals surface area contributed by atoms with E-state index in [1.165, 1.54) is 19.6 Å². The lowest BCUT2D eigenvalue weighted by Crippen LogP contribution is -2.50. The van der Waals surface area contributed by atoms with Gasteiger partial charge in [0.25, 0.3) is 11.8 Å². The summed E-state index contributed by atoms with van der Waals surface area (Å²) in [6, 6.07) is 4.84. The van der Waals surface area contributed by atoms with E-state index in [4.69, 9.17) is 4.42 Å². The summed E-state index contributed by atoms with van der Waals surface area (Å²) in [4.78, 5) is 40.5. The average Bonchev–Trinajstić information content (AvgIpc) is 3.31. The zero-order valence-corrected chi connectivity index (χ0v) is 13.9. The summed E-state index contributed by atoms with van der Waals surface area (Å²) in [7, 11) is 1.31. The van der Waals surface area contributed by atoms with Gasteiger partial charge in [-0.25, -0.2) is 4.79 Å². The monoisotopic (exact) mass is 348 g/mol. The molecule has 0 unspecified atom stereocenters. The van der Waals surface area contributed by atoms with E-state index >= 15 is 0 Å². The molecule has 8 heteroatoms. The lowest BCUT2D eigenvalue weighted by atomic mass is 10.2. The Morgan fingerprint density at radius 3 is 2.21 bits per heavy atom. The van der Waals surface area contributed by atoms with Gasteiger partial charge in [-0.15, -0.1) is 11.3 Å². The van der Waals surface area contributed by atoms with Crippen LogP contribution < -0.4 is 0 Å². The number of furan rings is 1. The second-order valence-electron chi connectivity index (χ2n) is 5.25. The highest BCUT2D eigenvalue weighted by Crippen LogP contribution is 2.20. The van der Waals surface area contributed by atoms with Crippen LogP contribution in [0.15, 0.2) is 35.1 Å². The van der Waals surface area contributed by atoms with Crippen molar-refractivity contribution in [2.75, 3.05) is 33.3 Å². The molecular weight excluding hydrogens is 332 g/mol. The molecule has 0 aromatic carbocycles. The van der Waals surface area contributed by atoms with Gasteiger partial charge in [0.1, 0.15) is 11.1 Å². The second kappa shape index (κ2) is 6.88. The number of methoxy groups -OCH3 is 1. The molecule has 1 saturated heterocycles. The van der Waals surface area contributed by atoms with Gasteiger partial charge in [0.05, 0.1) is 23.8 Å². The summed E-state index contributed by atoms with van der Waals surface area (Å²) >= 11 is 1.11. The molecule has 3 rings (SSSR count). The van der Waals surface area contributed by atoms with Crippen LogP contribution in [0.4, 0.5) is 0 Å². The van der Waals surface area contributed by atoms with Crippen molar-refractivity contribution in [3.05, 3.63) is 46.0 Å². The number of thiophene rings is 1. The Bertz CT molecular complexity index is 744. The Balaban J connectivity index is 1.60. The molecular formula is C16H16N2O5S. The van der Waals surface area contributed by atoms with Crippen LogP contribution in [0.1, 0.15) is 29.7 Å². The number of carbonyl (C=O) groups is 3. The standard InChI is InChI=1S/C16H16N2O5S/c1-22-16(21)13-3-2-12(24-13)15(20)18-7-5-17(6-8-18)14(19)11-4-9-23-10-11/h2-4,9-10H,5-8H2,1H3. The van der Waals surface area contributed by atoms with Gasteiger partial charge >= 0.3 is 5.97 Å². The van der Waals surface area contributed by atoms with Gasteiger partial charge in [0, 0.05) is 26.2 Å². The van der Waals surface area contributed by atoms with E-state index < -0.39 is 5.97 Å². The van der Waals surface area contributed by atoms with Crippen LogP contribution in [0.25, 0.3) is 0 Å².